The Morgan fingerprint density at radius 3 is 2.71 bits per heavy atom. The van der Waals surface area contributed by atoms with Crippen LogP contribution in [-0.4, -0.2) is 35.1 Å². The van der Waals surface area contributed by atoms with Crippen LogP contribution in [0.25, 0.3) is 0 Å². The van der Waals surface area contributed by atoms with E-state index in [1.807, 2.05) is 19.0 Å². The molecule has 5 heteroatoms. The molecule has 78 valence electrons. The highest BCUT2D eigenvalue weighted by Gasteiger charge is 1.99. The van der Waals surface area contributed by atoms with Crippen LogP contribution in [0.3, 0.4) is 0 Å². The van der Waals surface area contributed by atoms with Crippen LogP contribution in [0, 0.1) is 0 Å². The highest BCUT2D eigenvalue weighted by molar-refractivity contribution is 4.82. The van der Waals surface area contributed by atoms with Crippen molar-refractivity contribution in [2.24, 2.45) is 0 Å². The predicted molar refractivity (Wildman–Crippen MR) is 54.5 cm³/mol. The number of nitrogens with zero attached hydrogens (tertiary/aromatic N) is 2. The van der Waals surface area contributed by atoms with Crippen molar-refractivity contribution in [1.29, 1.82) is 0 Å². The number of hydrogen-bond donors (Lipinski definition) is 1. The van der Waals surface area contributed by atoms with Crippen LogP contribution in [0.4, 0.5) is 0 Å². The van der Waals surface area contributed by atoms with Crippen LogP contribution in [0.2, 0.25) is 0 Å². The average molecular weight is 197 g/mol. The summed E-state index contributed by atoms with van der Waals surface area (Å²) < 4.78 is 1.21. The number of rotatable bonds is 4. The maximum absolute atomic E-state index is 11.2. The van der Waals surface area contributed by atoms with Crippen LogP contribution in [-0.2, 0) is 6.54 Å². The summed E-state index contributed by atoms with van der Waals surface area (Å²) in [7, 11) is 3.91. The zero-order valence-electron chi connectivity index (χ0n) is 8.49. The minimum absolute atomic E-state index is 0.243. The SMILES string of the molecule is CN(C)CCCn1c(=O)cc[nH]c1=O. The van der Waals surface area contributed by atoms with E-state index >= 15 is 0 Å². The number of aromatic amines is 1. The highest BCUT2D eigenvalue weighted by Crippen LogP contribution is 1.84. The van der Waals surface area contributed by atoms with E-state index in [9.17, 15) is 9.59 Å². The zero-order valence-corrected chi connectivity index (χ0v) is 8.49. The summed E-state index contributed by atoms with van der Waals surface area (Å²) in [5, 5.41) is 0. The molecule has 1 aromatic heterocycles. The second-order valence-corrected chi connectivity index (χ2v) is 3.43. The Labute approximate surface area is 82.0 Å². The van der Waals surface area contributed by atoms with Gasteiger partial charge in [-0.15, -0.1) is 0 Å². The molecule has 0 unspecified atom stereocenters. The first-order valence-corrected chi connectivity index (χ1v) is 4.54. The third kappa shape index (κ3) is 2.85. The number of H-pyrrole nitrogens is 1. The number of hydrogen-bond acceptors (Lipinski definition) is 3. The standard InChI is InChI=1S/C9H15N3O2/c1-11(2)6-3-7-12-8(13)4-5-10-9(12)14/h4-5H,3,6-7H2,1-2H3,(H,10,14). The van der Waals surface area contributed by atoms with Gasteiger partial charge in [-0.3, -0.25) is 9.36 Å². The summed E-state index contributed by atoms with van der Waals surface area (Å²) in [5.74, 6) is 0. The maximum Gasteiger partial charge on any atom is 0.328 e. The van der Waals surface area contributed by atoms with E-state index in [1.165, 1.54) is 16.8 Å². The molecule has 14 heavy (non-hydrogen) atoms. The van der Waals surface area contributed by atoms with Crippen molar-refractivity contribution in [3.8, 4) is 0 Å². The third-order valence-electron chi connectivity index (χ3n) is 1.93. The summed E-state index contributed by atoms with van der Waals surface area (Å²) in [5.41, 5.74) is -0.580. The van der Waals surface area contributed by atoms with Gasteiger partial charge in [0.2, 0.25) is 0 Å². The molecule has 0 fully saturated rings. The van der Waals surface area contributed by atoms with Crippen molar-refractivity contribution >= 4 is 0 Å². The molecule has 1 heterocycles. The Hall–Kier alpha value is -1.36. The fourth-order valence-corrected chi connectivity index (χ4v) is 1.21. The molecular formula is C9H15N3O2. The summed E-state index contributed by atoms with van der Waals surface area (Å²) in [4.78, 5) is 26.9. The monoisotopic (exact) mass is 197 g/mol. The molecule has 0 saturated carbocycles. The lowest BCUT2D eigenvalue weighted by molar-refractivity contribution is 0.382. The van der Waals surface area contributed by atoms with E-state index < -0.39 is 0 Å². The van der Waals surface area contributed by atoms with E-state index in [-0.39, 0.29) is 11.2 Å². The van der Waals surface area contributed by atoms with Gasteiger partial charge in [0, 0.05) is 18.8 Å². The van der Waals surface area contributed by atoms with Crippen LogP contribution >= 0.6 is 0 Å². The molecule has 0 aliphatic heterocycles. The Morgan fingerprint density at radius 2 is 2.14 bits per heavy atom. The van der Waals surface area contributed by atoms with Gasteiger partial charge in [0.05, 0.1) is 0 Å². The molecule has 0 aromatic carbocycles. The zero-order chi connectivity index (χ0) is 10.6. The van der Waals surface area contributed by atoms with Gasteiger partial charge in [-0.1, -0.05) is 0 Å². The Kier molecular flexibility index (Phi) is 3.64. The number of nitrogens with one attached hydrogen (secondary N) is 1. The maximum atomic E-state index is 11.2. The van der Waals surface area contributed by atoms with Gasteiger partial charge in [-0.2, -0.15) is 0 Å². The van der Waals surface area contributed by atoms with Gasteiger partial charge in [0.25, 0.3) is 5.56 Å². The highest BCUT2D eigenvalue weighted by atomic mass is 16.2. The van der Waals surface area contributed by atoms with Crippen molar-refractivity contribution < 1.29 is 0 Å². The minimum atomic E-state index is -0.337. The lowest BCUT2D eigenvalue weighted by Crippen LogP contribution is -2.34. The largest absolute Gasteiger partial charge is 0.328 e. The van der Waals surface area contributed by atoms with Gasteiger partial charge >= 0.3 is 5.69 Å². The Balaban J connectivity index is 2.68. The lowest BCUT2D eigenvalue weighted by atomic mass is 10.4. The molecule has 5 nitrogen and oxygen atoms in total. The molecule has 0 spiro atoms. The quantitative estimate of drug-likeness (QED) is 0.707. The van der Waals surface area contributed by atoms with Gasteiger partial charge < -0.3 is 9.88 Å². The molecule has 0 aliphatic rings. The predicted octanol–water partition coefficient (Wildman–Crippen LogP) is -0.512. The summed E-state index contributed by atoms with van der Waals surface area (Å²) in [6.45, 7) is 1.33. The molecular weight excluding hydrogens is 182 g/mol. The van der Waals surface area contributed by atoms with E-state index in [1.54, 1.807) is 0 Å². The van der Waals surface area contributed by atoms with Crippen molar-refractivity contribution in [3.05, 3.63) is 33.1 Å². The summed E-state index contributed by atoms with van der Waals surface area (Å²) in [6.07, 6.45) is 2.16. The smallest absolute Gasteiger partial charge is 0.314 e. The van der Waals surface area contributed by atoms with Crippen LogP contribution < -0.4 is 11.2 Å². The average Bonchev–Trinajstić information content (AvgIpc) is 2.09. The third-order valence-corrected chi connectivity index (χ3v) is 1.93. The Morgan fingerprint density at radius 1 is 1.43 bits per heavy atom. The van der Waals surface area contributed by atoms with Crippen molar-refractivity contribution in [2.45, 2.75) is 13.0 Å². The second kappa shape index (κ2) is 4.76. The fourth-order valence-electron chi connectivity index (χ4n) is 1.21. The second-order valence-electron chi connectivity index (χ2n) is 3.43. The molecule has 1 N–H and O–H groups in total. The van der Waals surface area contributed by atoms with Gasteiger partial charge in [-0.25, -0.2) is 4.79 Å². The van der Waals surface area contributed by atoms with Crippen molar-refractivity contribution in [3.63, 3.8) is 0 Å². The molecule has 0 atom stereocenters. The summed E-state index contributed by atoms with van der Waals surface area (Å²) in [6, 6.07) is 1.36. The normalized spacial score (nSPS) is 10.8. The van der Waals surface area contributed by atoms with Gasteiger partial charge in [0.15, 0.2) is 0 Å². The first-order chi connectivity index (χ1) is 6.61. The van der Waals surface area contributed by atoms with E-state index in [2.05, 4.69) is 4.98 Å². The van der Waals surface area contributed by atoms with Crippen LogP contribution in [0.1, 0.15) is 6.42 Å². The first kappa shape index (κ1) is 10.7. The summed E-state index contributed by atoms with van der Waals surface area (Å²) >= 11 is 0. The van der Waals surface area contributed by atoms with Crippen molar-refractivity contribution in [2.75, 3.05) is 20.6 Å². The minimum Gasteiger partial charge on any atom is -0.314 e. The lowest BCUT2D eigenvalue weighted by Gasteiger charge is -2.09. The molecule has 0 aliphatic carbocycles. The topological polar surface area (TPSA) is 58.1 Å². The van der Waals surface area contributed by atoms with Gasteiger partial charge in [0.1, 0.15) is 0 Å². The van der Waals surface area contributed by atoms with Crippen molar-refractivity contribution in [1.82, 2.24) is 14.5 Å². The fraction of sp³-hybridized carbons (Fsp3) is 0.556. The molecule has 0 saturated heterocycles. The Bertz CT molecular complexity index is 363. The van der Waals surface area contributed by atoms with Gasteiger partial charge in [-0.05, 0) is 27.1 Å². The molecule has 1 aromatic rings. The van der Waals surface area contributed by atoms with E-state index in [4.69, 9.17) is 0 Å². The number of aromatic nitrogens is 2. The van der Waals surface area contributed by atoms with E-state index in [0.717, 1.165) is 13.0 Å². The first-order valence-electron chi connectivity index (χ1n) is 4.54. The molecule has 0 amide bonds. The molecule has 1 rings (SSSR count). The van der Waals surface area contributed by atoms with Crippen LogP contribution in [0.15, 0.2) is 21.9 Å². The van der Waals surface area contributed by atoms with E-state index in [0.29, 0.717) is 6.54 Å². The van der Waals surface area contributed by atoms with Crippen LogP contribution in [0.5, 0.6) is 0 Å². The molecule has 0 radical (unpaired) electrons. The molecule has 0 bridgehead atoms.